The number of hydrogen-bond donors (Lipinski definition) is 2. The minimum absolute atomic E-state index is 0.0498. The minimum atomic E-state index is -1.47. The lowest BCUT2D eigenvalue weighted by Crippen LogP contribution is -2.44. The van der Waals surface area contributed by atoms with Gasteiger partial charge in [0.05, 0.1) is 0 Å². The molecule has 1 atom stereocenters. The summed E-state index contributed by atoms with van der Waals surface area (Å²) in [5, 5.41) is 3.16. The van der Waals surface area contributed by atoms with Gasteiger partial charge < -0.3 is 5.32 Å². The Hall–Kier alpha value is -0.150. The average Bonchev–Trinajstić information content (AvgIpc) is 1.88. The van der Waals surface area contributed by atoms with E-state index in [1.54, 1.807) is 0 Å². The largest absolute Gasteiger partial charge is 0.317 e. The second-order valence-corrected chi connectivity index (χ2v) is 3.18. The van der Waals surface area contributed by atoms with Crippen molar-refractivity contribution >= 4 is 0 Å². The van der Waals surface area contributed by atoms with Crippen molar-refractivity contribution in [3.8, 4) is 0 Å². The summed E-state index contributed by atoms with van der Waals surface area (Å²) in [6.45, 7) is 3.27. The molecule has 0 aromatic heterocycles. The molecule has 1 aliphatic rings. The molecule has 2 nitrogen and oxygen atoms in total. The van der Waals surface area contributed by atoms with E-state index >= 15 is 0 Å². The molecule has 0 saturated carbocycles. The van der Waals surface area contributed by atoms with Crippen LogP contribution in [0.4, 0.5) is 4.39 Å². The van der Waals surface area contributed by atoms with Gasteiger partial charge in [-0.1, -0.05) is 0 Å². The number of alkyl halides is 1. The van der Waals surface area contributed by atoms with Crippen LogP contribution in [0, 0.1) is 5.92 Å². The Kier molecular flexibility index (Phi) is 2.26. The molecule has 1 saturated heterocycles. The van der Waals surface area contributed by atoms with Crippen molar-refractivity contribution in [1.82, 2.24) is 5.32 Å². The topological polar surface area (TPSA) is 38.0 Å². The van der Waals surface area contributed by atoms with Crippen LogP contribution in [0.2, 0.25) is 0 Å². The summed E-state index contributed by atoms with van der Waals surface area (Å²) in [6, 6.07) is 0. The number of piperidine rings is 1. The van der Waals surface area contributed by atoms with E-state index in [9.17, 15) is 4.39 Å². The van der Waals surface area contributed by atoms with Gasteiger partial charge in [-0.15, -0.1) is 0 Å². The lowest BCUT2D eigenvalue weighted by Gasteiger charge is -2.30. The molecule has 1 rings (SSSR count). The summed E-state index contributed by atoms with van der Waals surface area (Å²) in [5.74, 6) is -1.42. The highest BCUT2D eigenvalue weighted by Gasteiger charge is 2.30. The zero-order chi connectivity index (χ0) is 7.61. The molecule has 1 aliphatic heterocycles. The van der Waals surface area contributed by atoms with E-state index in [-0.39, 0.29) is 5.92 Å². The van der Waals surface area contributed by atoms with Gasteiger partial charge in [-0.25, -0.2) is 4.39 Å². The molecular weight excluding hydrogens is 131 g/mol. The molecule has 10 heavy (non-hydrogen) atoms. The average molecular weight is 146 g/mol. The first kappa shape index (κ1) is 7.95. The van der Waals surface area contributed by atoms with Crippen LogP contribution in [0.1, 0.15) is 19.8 Å². The normalized spacial score (nSPS) is 27.9. The van der Waals surface area contributed by atoms with Crippen LogP contribution in [0.3, 0.4) is 0 Å². The molecule has 1 unspecified atom stereocenters. The van der Waals surface area contributed by atoms with Gasteiger partial charge in [-0.05, 0) is 32.9 Å². The Morgan fingerprint density at radius 1 is 1.50 bits per heavy atom. The molecule has 1 heterocycles. The van der Waals surface area contributed by atoms with Crippen LogP contribution in [-0.4, -0.2) is 18.9 Å². The van der Waals surface area contributed by atoms with Gasteiger partial charge in [-0.2, -0.15) is 0 Å². The smallest absolute Gasteiger partial charge is 0.159 e. The third-order valence-corrected chi connectivity index (χ3v) is 2.14. The van der Waals surface area contributed by atoms with Crippen molar-refractivity contribution in [1.29, 1.82) is 0 Å². The fourth-order valence-corrected chi connectivity index (χ4v) is 1.39. The van der Waals surface area contributed by atoms with Crippen LogP contribution in [0.5, 0.6) is 0 Å². The van der Waals surface area contributed by atoms with Gasteiger partial charge in [0.2, 0.25) is 0 Å². The summed E-state index contributed by atoms with van der Waals surface area (Å²) in [4.78, 5) is 0. The summed E-state index contributed by atoms with van der Waals surface area (Å²) in [5.41, 5.74) is 5.32. The van der Waals surface area contributed by atoms with Crippen LogP contribution in [0.15, 0.2) is 0 Å². The van der Waals surface area contributed by atoms with Crippen molar-refractivity contribution in [2.24, 2.45) is 11.7 Å². The van der Waals surface area contributed by atoms with Crippen LogP contribution in [-0.2, 0) is 0 Å². The number of rotatable bonds is 1. The Morgan fingerprint density at radius 2 is 2.00 bits per heavy atom. The molecule has 3 N–H and O–H groups in total. The first-order chi connectivity index (χ1) is 4.61. The second kappa shape index (κ2) is 2.84. The fraction of sp³-hybridized carbons (Fsp3) is 1.00. The first-order valence-electron chi connectivity index (χ1n) is 3.79. The first-order valence-corrected chi connectivity index (χ1v) is 3.79. The van der Waals surface area contributed by atoms with Crippen LogP contribution >= 0.6 is 0 Å². The van der Waals surface area contributed by atoms with Gasteiger partial charge in [0.25, 0.3) is 0 Å². The summed E-state index contributed by atoms with van der Waals surface area (Å²) in [6.07, 6.45) is 1.73. The maximum atomic E-state index is 13.0. The third-order valence-electron chi connectivity index (χ3n) is 2.14. The number of hydrogen-bond acceptors (Lipinski definition) is 2. The third kappa shape index (κ3) is 1.92. The predicted molar refractivity (Wildman–Crippen MR) is 39.3 cm³/mol. The number of nitrogens with one attached hydrogen (secondary N) is 1. The molecule has 0 aromatic carbocycles. The van der Waals surface area contributed by atoms with Crippen molar-refractivity contribution in [2.45, 2.75) is 25.6 Å². The van der Waals surface area contributed by atoms with Crippen molar-refractivity contribution in [3.05, 3.63) is 0 Å². The van der Waals surface area contributed by atoms with Gasteiger partial charge in [0, 0.05) is 5.92 Å². The highest BCUT2D eigenvalue weighted by Crippen LogP contribution is 2.24. The quantitative estimate of drug-likeness (QED) is 0.532. The maximum Gasteiger partial charge on any atom is 0.159 e. The zero-order valence-electron chi connectivity index (χ0n) is 6.36. The molecule has 0 radical (unpaired) electrons. The Balaban J connectivity index is 2.39. The molecule has 0 amide bonds. The van der Waals surface area contributed by atoms with E-state index in [0.717, 1.165) is 25.9 Å². The standard InChI is InChI=1S/C7H15FN2/c1-7(8,9)6-2-4-10-5-3-6/h6,10H,2-5,9H2,1H3. The van der Waals surface area contributed by atoms with Gasteiger partial charge in [0.1, 0.15) is 0 Å². The van der Waals surface area contributed by atoms with Gasteiger partial charge in [-0.3, -0.25) is 5.73 Å². The minimum Gasteiger partial charge on any atom is -0.317 e. The van der Waals surface area contributed by atoms with E-state index in [1.807, 2.05) is 0 Å². The van der Waals surface area contributed by atoms with Gasteiger partial charge >= 0.3 is 0 Å². The highest BCUT2D eigenvalue weighted by atomic mass is 19.1. The van der Waals surface area contributed by atoms with Crippen LogP contribution in [0.25, 0.3) is 0 Å². The Bertz CT molecular complexity index is 103. The summed E-state index contributed by atoms with van der Waals surface area (Å²) >= 11 is 0. The molecule has 3 heteroatoms. The maximum absolute atomic E-state index is 13.0. The summed E-state index contributed by atoms with van der Waals surface area (Å²) < 4.78 is 13.0. The van der Waals surface area contributed by atoms with E-state index in [1.165, 1.54) is 6.92 Å². The van der Waals surface area contributed by atoms with Crippen molar-refractivity contribution in [3.63, 3.8) is 0 Å². The molecule has 60 valence electrons. The van der Waals surface area contributed by atoms with Crippen molar-refractivity contribution < 1.29 is 4.39 Å². The number of nitrogens with two attached hydrogens (primary N) is 1. The predicted octanol–water partition coefficient (Wildman–Crippen LogP) is 0.630. The molecular formula is C7H15FN2. The van der Waals surface area contributed by atoms with E-state index in [0.29, 0.717) is 0 Å². The fourth-order valence-electron chi connectivity index (χ4n) is 1.39. The highest BCUT2D eigenvalue weighted by molar-refractivity contribution is 4.80. The van der Waals surface area contributed by atoms with Gasteiger partial charge in [0.15, 0.2) is 5.79 Å². The second-order valence-electron chi connectivity index (χ2n) is 3.18. The van der Waals surface area contributed by atoms with E-state index in [2.05, 4.69) is 5.32 Å². The SMILES string of the molecule is CC(N)(F)C1CCNCC1. The molecule has 0 aromatic rings. The van der Waals surface area contributed by atoms with E-state index < -0.39 is 5.79 Å². The molecule has 0 spiro atoms. The Morgan fingerprint density at radius 3 is 2.30 bits per heavy atom. The Labute approximate surface area is 61.0 Å². The van der Waals surface area contributed by atoms with Crippen LogP contribution < -0.4 is 11.1 Å². The molecule has 0 aliphatic carbocycles. The monoisotopic (exact) mass is 146 g/mol. The summed E-state index contributed by atoms with van der Waals surface area (Å²) in [7, 11) is 0. The lowest BCUT2D eigenvalue weighted by molar-refractivity contribution is 0.0864. The zero-order valence-corrected chi connectivity index (χ0v) is 6.36. The lowest BCUT2D eigenvalue weighted by atomic mass is 9.90. The van der Waals surface area contributed by atoms with E-state index in [4.69, 9.17) is 5.73 Å². The molecule has 0 bridgehead atoms. The molecule has 1 fully saturated rings. The van der Waals surface area contributed by atoms with Crippen molar-refractivity contribution in [2.75, 3.05) is 13.1 Å². The number of halogens is 1.